The van der Waals surface area contributed by atoms with Crippen LogP contribution < -0.4 is 20.7 Å². The van der Waals surface area contributed by atoms with Crippen molar-refractivity contribution in [2.24, 2.45) is 0 Å². The molecule has 3 N–H and O–H groups in total. The smallest absolute Gasteiger partial charge is 0.313 e. The molecule has 8 heteroatoms. The Balaban J connectivity index is 1.89. The summed E-state index contributed by atoms with van der Waals surface area (Å²) in [6.45, 7) is 4.98. The van der Waals surface area contributed by atoms with Crippen LogP contribution in [0.3, 0.4) is 0 Å². The molecule has 3 amide bonds. The van der Waals surface area contributed by atoms with Crippen molar-refractivity contribution >= 4 is 23.4 Å². The van der Waals surface area contributed by atoms with Gasteiger partial charge in [-0.05, 0) is 50.1 Å². The predicted molar refractivity (Wildman–Crippen MR) is 118 cm³/mol. The van der Waals surface area contributed by atoms with Gasteiger partial charge in [-0.2, -0.15) is 0 Å². The summed E-state index contributed by atoms with van der Waals surface area (Å²) in [7, 11) is 1.59. The number of benzene rings is 2. The standard InChI is InChI=1S/C23H29N3O5/c1-16(2)31-14-6-13-24-22(28)23(29)26-20-8-5-4-7-19(20)21(27)25-15-17-9-11-18(30-3)12-10-17/h4-5,7-12,16H,6,13-15H2,1-3H3,(H,24,28)(H,25,27)(H,26,29). The van der Waals surface area contributed by atoms with Crippen LogP contribution >= 0.6 is 0 Å². The maximum atomic E-state index is 12.6. The first-order valence-electron chi connectivity index (χ1n) is 10.1. The van der Waals surface area contributed by atoms with Crippen molar-refractivity contribution in [1.82, 2.24) is 10.6 Å². The van der Waals surface area contributed by atoms with E-state index in [1.54, 1.807) is 31.4 Å². The highest BCUT2D eigenvalue weighted by atomic mass is 16.5. The lowest BCUT2D eigenvalue weighted by Gasteiger charge is -2.12. The van der Waals surface area contributed by atoms with Crippen LogP contribution in [0.2, 0.25) is 0 Å². The van der Waals surface area contributed by atoms with Crippen LogP contribution in [0, 0.1) is 0 Å². The number of methoxy groups -OCH3 is 1. The first kappa shape index (κ1) is 23.9. The first-order chi connectivity index (χ1) is 14.9. The van der Waals surface area contributed by atoms with Crippen molar-refractivity contribution in [2.45, 2.75) is 32.9 Å². The highest BCUT2D eigenvalue weighted by molar-refractivity contribution is 6.40. The first-order valence-corrected chi connectivity index (χ1v) is 10.1. The van der Waals surface area contributed by atoms with Gasteiger partial charge in [0.1, 0.15) is 5.75 Å². The normalized spacial score (nSPS) is 10.5. The minimum Gasteiger partial charge on any atom is -0.497 e. The Morgan fingerprint density at radius 1 is 0.935 bits per heavy atom. The molecule has 0 spiro atoms. The number of ether oxygens (including phenoxy) is 2. The van der Waals surface area contributed by atoms with Crippen molar-refractivity contribution in [1.29, 1.82) is 0 Å². The molecule has 0 saturated heterocycles. The van der Waals surface area contributed by atoms with Crippen molar-refractivity contribution < 1.29 is 23.9 Å². The minimum atomic E-state index is -0.833. The van der Waals surface area contributed by atoms with Gasteiger partial charge in [-0.3, -0.25) is 14.4 Å². The number of para-hydroxylation sites is 1. The van der Waals surface area contributed by atoms with E-state index >= 15 is 0 Å². The number of hydrogen-bond acceptors (Lipinski definition) is 5. The largest absolute Gasteiger partial charge is 0.497 e. The fourth-order valence-electron chi connectivity index (χ4n) is 2.66. The summed E-state index contributed by atoms with van der Waals surface area (Å²) in [5.41, 5.74) is 1.43. The zero-order chi connectivity index (χ0) is 22.6. The Bertz CT molecular complexity index is 881. The highest BCUT2D eigenvalue weighted by Gasteiger charge is 2.17. The van der Waals surface area contributed by atoms with Crippen molar-refractivity contribution in [3.63, 3.8) is 0 Å². The van der Waals surface area contributed by atoms with E-state index in [9.17, 15) is 14.4 Å². The fraction of sp³-hybridized carbons (Fsp3) is 0.348. The summed E-state index contributed by atoms with van der Waals surface area (Å²) in [4.78, 5) is 36.8. The molecule has 0 heterocycles. The molecule has 8 nitrogen and oxygen atoms in total. The number of carbonyl (C=O) groups excluding carboxylic acids is 3. The molecule has 2 aromatic carbocycles. The second-order valence-electron chi connectivity index (χ2n) is 7.06. The highest BCUT2D eigenvalue weighted by Crippen LogP contribution is 2.16. The Labute approximate surface area is 182 Å². The average molecular weight is 428 g/mol. The number of nitrogens with one attached hydrogen (secondary N) is 3. The third-order valence-corrected chi connectivity index (χ3v) is 4.30. The van der Waals surface area contributed by atoms with E-state index in [0.717, 1.165) is 11.3 Å². The van der Waals surface area contributed by atoms with Gasteiger partial charge in [-0.1, -0.05) is 24.3 Å². The fourth-order valence-corrected chi connectivity index (χ4v) is 2.66. The molecule has 0 aliphatic rings. The summed E-state index contributed by atoms with van der Waals surface area (Å²) in [6.07, 6.45) is 0.716. The number of anilines is 1. The van der Waals surface area contributed by atoms with E-state index in [0.29, 0.717) is 26.1 Å². The third-order valence-electron chi connectivity index (χ3n) is 4.30. The van der Waals surface area contributed by atoms with E-state index in [1.807, 2.05) is 38.1 Å². The number of carbonyl (C=O) groups is 3. The summed E-state index contributed by atoms with van der Waals surface area (Å²) in [5.74, 6) is -1.23. The molecule has 2 rings (SSSR count). The molecule has 0 radical (unpaired) electrons. The van der Waals surface area contributed by atoms with Gasteiger partial charge in [-0.25, -0.2) is 0 Å². The molecule has 166 valence electrons. The summed E-state index contributed by atoms with van der Waals surface area (Å²) in [6, 6.07) is 13.8. The van der Waals surface area contributed by atoms with Crippen molar-refractivity contribution in [3.8, 4) is 5.75 Å². The lowest BCUT2D eigenvalue weighted by atomic mass is 10.1. The molecule has 0 aliphatic heterocycles. The minimum absolute atomic E-state index is 0.117. The van der Waals surface area contributed by atoms with Gasteiger partial charge in [0.15, 0.2) is 0 Å². The number of rotatable bonds is 10. The number of amides is 3. The zero-order valence-electron chi connectivity index (χ0n) is 18.1. The molecule has 0 atom stereocenters. The topological polar surface area (TPSA) is 106 Å². The van der Waals surface area contributed by atoms with Crippen LogP contribution in [0.1, 0.15) is 36.2 Å². The molecule has 0 saturated carbocycles. The third kappa shape index (κ3) is 8.10. The molecule has 0 unspecified atom stereocenters. The Kier molecular flexibility index (Phi) is 9.51. The molecular weight excluding hydrogens is 398 g/mol. The average Bonchev–Trinajstić information content (AvgIpc) is 2.77. The summed E-state index contributed by atoms with van der Waals surface area (Å²) >= 11 is 0. The molecule has 31 heavy (non-hydrogen) atoms. The lowest BCUT2D eigenvalue weighted by molar-refractivity contribution is -0.136. The van der Waals surface area contributed by atoms with Crippen LogP contribution in [0.15, 0.2) is 48.5 Å². The lowest BCUT2D eigenvalue weighted by Crippen LogP contribution is -2.36. The predicted octanol–water partition coefficient (Wildman–Crippen LogP) is 2.50. The Morgan fingerprint density at radius 2 is 1.65 bits per heavy atom. The zero-order valence-corrected chi connectivity index (χ0v) is 18.1. The van der Waals surface area contributed by atoms with Crippen molar-refractivity contribution in [2.75, 3.05) is 25.6 Å². The van der Waals surface area contributed by atoms with E-state index in [4.69, 9.17) is 9.47 Å². The second-order valence-corrected chi connectivity index (χ2v) is 7.06. The SMILES string of the molecule is COc1ccc(CNC(=O)c2ccccc2NC(=O)C(=O)NCCCOC(C)C)cc1. The van der Waals surface area contributed by atoms with E-state index in [-0.39, 0.29) is 23.3 Å². The van der Waals surface area contributed by atoms with E-state index < -0.39 is 11.8 Å². The molecule has 0 aliphatic carbocycles. The molecular formula is C23H29N3O5. The summed E-state index contributed by atoms with van der Waals surface area (Å²) < 4.78 is 10.5. The Hall–Kier alpha value is -3.39. The maximum Gasteiger partial charge on any atom is 0.313 e. The van der Waals surface area contributed by atoms with Gasteiger partial charge < -0.3 is 25.4 Å². The van der Waals surface area contributed by atoms with Gasteiger partial charge in [-0.15, -0.1) is 0 Å². The van der Waals surface area contributed by atoms with Crippen LogP contribution in [-0.2, 0) is 20.9 Å². The van der Waals surface area contributed by atoms with E-state index in [2.05, 4.69) is 16.0 Å². The van der Waals surface area contributed by atoms with Crippen molar-refractivity contribution in [3.05, 3.63) is 59.7 Å². The second kappa shape index (κ2) is 12.3. The maximum absolute atomic E-state index is 12.6. The van der Waals surface area contributed by atoms with Gasteiger partial charge >= 0.3 is 11.8 Å². The van der Waals surface area contributed by atoms with Crippen LogP contribution in [-0.4, -0.2) is 44.1 Å². The quantitative estimate of drug-likeness (QED) is 0.399. The number of hydrogen-bond donors (Lipinski definition) is 3. The molecule has 0 aromatic heterocycles. The van der Waals surface area contributed by atoms with Crippen LogP contribution in [0.5, 0.6) is 5.75 Å². The van der Waals surface area contributed by atoms with Gasteiger partial charge in [0.05, 0.1) is 24.5 Å². The van der Waals surface area contributed by atoms with Gasteiger partial charge in [0.25, 0.3) is 5.91 Å². The van der Waals surface area contributed by atoms with Gasteiger partial charge in [0.2, 0.25) is 0 Å². The monoisotopic (exact) mass is 427 g/mol. The van der Waals surface area contributed by atoms with Crippen LogP contribution in [0.4, 0.5) is 5.69 Å². The molecule has 0 fully saturated rings. The molecule has 0 bridgehead atoms. The Morgan fingerprint density at radius 3 is 2.32 bits per heavy atom. The van der Waals surface area contributed by atoms with Crippen LogP contribution in [0.25, 0.3) is 0 Å². The molecule has 2 aromatic rings. The van der Waals surface area contributed by atoms with E-state index in [1.165, 1.54) is 0 Å². The summed E-state index contributed by atoms with van der Waals surface area (Å²) in [5, 5.41) is 7.85. The van der Waals surface area contributed by atoms with Gasteiger partial charge in [0, 0.05) is 19.7 Å².